The normalized spacial score (nSPS) is 17.1. The van der Waals surface area contributed by atoms with Crippen LogP contribution in [0.4, 0.5) is 10.5 Å². The topological polar surface area (TPSA) is 114 Å². The lowest BCUT2D eigenvalue weighted by Crippen LogP contribution is -2.43. The highest BCUT2D eigenvalue weighted by Crippen LogP contribution is 2.36. The van der Waals surface area contributed by atoms with Crippen molar-refractivity contribution in [3.8, 4) is 0 Å². The molecule has 0 aromatic heterocycles. The molecule has 4 amide bonds. The van der Waals surface area contributed by atoms with Crippen molar-refractivity contribution in [1.29, 1.82) is 0 Å². The molecule has 0 spiro atoms. The van der Waals surface area contributed by atoms with Crippen LogP contribution in [0.25, 0.3) is 0 Å². The first-order valence-electron chi connectivity index (χ1n) is 7.17. The summed E-state index contributed by atoms with van der Waals surface area (Å²) in [5.74, 6) is -1.61. The molecule has 0 fully saturated rings. The van der Waals surface area contributed by atoms with Gasteiger partial charge in [-0.1, -0.05) is 0 Å². The maximum absolute atomic E-state index is 12.1. The van der Waals surface area contributed by atoms with Crippen molar-refractivity contribution < 1.29 is 23.9 Å². The minimum Gasteiger partial charge on any atom is -0.449 e. The molecule has 1 heterocycles. The van der Waals surface area contributed by atoms with Crippen LogP contribution < -0.4 is 16.0 Å². The lowest BCUT2D eigenvalue weighted by Gasteiger charge is -2.21. The fourth-order valence-electron chi connectivity index (χ4n) is 1.89. The zero-order valence-electron chi connectivity index (χ0n) is 13.3. The van der Waals surface area contributed by atoms with Crippen LogP contribution in [-0.4, -0.2) is 42.2 Å². The summed E-state index contributed by atoms with van der Waals surface area (Å²) in [6.07, 6.45) is -1.14. The van der Waals surface area contributed by atoms with Gasteiger partial charge in [-0.2, -0.15) is 0 Å². The number of thioether (sulfide) groups is 1. The zero-order chi connectivity index (χ0) is 17.9. The third kappa shape index (κ3) is 4.05. The molecule has 2 rings (SSSR count). The van der Waals surface area contributed by atoms with E-state index < -0.39 is 24.0 Å². The van der Waals surface area contributed by atoms with Gasteiger partial charge in [-0.05, 0) is 32.0 Å². The van der Waals surface area contributed by atoms with Crippen LogP contribution in [0.3, 0.4) is 0 Å². The molecular weight excluding hydrogens is 334 g/mol. The molecule has 3 N–H and O–H groups in total. The number of ether oxygens (including phenoxy) is 1. The number of carbonyl (C=O) groups excluding carboxylic acids is 4. The average molecular weight is 351 g/mol. The Balaban J connectivity index is 2.05. The third-order valence-electron chi connectivity index (χ3n) is 3.26. The molecule has 2 atom stereocenters. The summed E-state index contributed by atoms with van der Waals surface area (Å²) < 4.78 is 5.03. The molecule has 0 saturated carbocycles. The van der Waals surface area contributed by atoms with E-state index in [0.29, 0.717) is 5.69 Å². The Morgan fingerprint density at radius 3 is 2.71 bits per heavy atom. The molecule has 128 valence electrons. The molecule has 0 saturated heterocycles. The van der Waals surface area contributed by atoms with Gasteiger partial charge in [0.05, 0.1) is 16.5 Å². The number of imide groups is 1. The highest BCUT2D eigenvalue weighted by Gasteiger charge is 2.25. The minimum atomic E-state index is -1.14. The van der Waals surface area contributed by atoms with Crippen molar-refractivity contribution >= 4 is 41.3 Å². The second kappa shape index (κ2) is 7.35. The SMILES string of the molecule is CNC(=O)NC(=O)C(C)OC(=O)c1ccc2c(c1)NC(=O)C(C)S2. The van der Waals surface area contributed by atoms with Gasteiger partial charge in [-0.25, -0.2) is 9.59 Å². The number of fused-ring (bicyclic) bond motifs is 1. The van der Waals surface area contributed by atoms with Crippen LogP contribution in [0.15, 0.2) is 23.1 Å². The number of benzene rings is 1. The molecule has 24 heavy (non-hydrogen) atoms. The Bertz CT molecular complexity index is 706. The van der Waals surface area contributed by atoms with E-state index in [1.807, 2.05) is 5.32 Å². The van der Waals surface area contributed by atoms with E-state index in [1.54, 1.807) is 19.1 Å². The maximum Gasteiger partial charge on any atom is 0.338 e. The third-order valence-corrected chi connectivity index (χ3v) is 4.44. The van der Waals surface area contributed by atoms with Gasteiger partial charge in [0.15, 0.2) is 6.10 Å². The summed E-state index contributed by atoms with van der Waals surface area (Å²) in [4.78, 5) is 47.4. The number of carbonyl (C=O) groups is 4. The van der Waals surface area contributed by atoms with E-state index in [1.165, 1.54) is 31.8 Å². The van der Waals surface area contributed by atoms with Gasteiger partial charge >= 0.3 is 12.0 Å². The molecule has 1 aromatic rings. The Morgan fingerprint density at radius 2 is 2.04 bits per heavy atom. The van der Waals surface area contributed by atoms with Crippen molar-refractivity contribution in [2.24, 2.45) is 0 Å². The van der Waals surface area contributed by atoms with Gasteiger partial charge in [0.1, 0.15) is 0 Å². The molecule has 1 aliphatic rings. The van der Waals surface area contributed by atoms with Crippen LogP contribution in [-0.2, 0) is 14.3 Å². The van der Waals surface area contributed by atoms with Gasteiger partial charge in [-0.3, -0.25) is 14.9 Å². The van der Waals surface area contributed by atoms with Crippen LogP contribution in [0.2, 0.25) is 0 Å². The quantitative estimate of drug-likeness (QED) is 0.703. The number of hydrogen-bond acceptors (Lipinski definition) is 6. The van der Waals surface area contributed by atoms with Crippen molar-refractivity contribution in [3.05, 3.63) is 23.8 Å². The van der Waals surface area contributed by atoms with E-state index in [0.717, 1.165) is 4.90 Å². The standard InChI is InChI=1S/C15H17N3O5S/c1-7(12(19)18-15(22)16-3)23-14(21)9-4-5-11-10(6-9)17-13(20)8(2)24-11/h4-8H,1-3H3,(H,17,20)(H2,16,18,19,22). The fraction of sp³-hybridized carbons (Fsp3) is 0.333. The molecule has 1 aromatic carbocycles. The Morgan fingerprint density at radius 1 is 1.33 bits per heavy atom. The van der Waals surface area contributed by atoms with Gasteiger partial charge in [0, 0.05) is 11.9 Å². The number of esters is 1. The van der Waals surface area contributed by atoms with E-state index in [-0.39, 0.29) is 16.7 Å². The average Bonchev–Trinajstić information content (AvgIpc) is 2.55. The zero-order valence-corrected chi connectivity index (χ0v) is 14.2. The summed E-state index contributed by atoms with van der Waals surface area (Å²) in [6.45, 7) is 3.14. The molecule has 0 aliphatic carbocycles. The van der Waals surface area contributed by atoms with E-state index in [9.17, 15) is 19.2 Å². The van der Waals surface area contributed by atoms with E-state index >= 15 is 0 Å². The second-order valence-electron chi connectivity index (χ2n) is 5.08. The van der Waals surface area contributed by atoms with Gasteiger partial charge in [-0.15, -0.1) is 11.8 Å². The smallest absolute Gasteiger partial charge is 0.338 e. The highest BCUT2D eigenvalue weighted by molar-refractivity contribution is 8.00. The summed E-state index contributed by atoms with van der Waals surface area (Å²) >= 11 is 1.40. The number of urea groups is 1. The van der Waals surface area contributed by atoms with Crippen LogP contribution >= 0.6 is 11.8 Å². The Kier molecular flexibility index (Phi) is 5.45. The number of anilines is 1. The van der Waals surface area contributed by atoms with Crippen LogP contribution in [0, 0.1) is 0 Å². The molecule has 0 radical (unpaired) electrons. The predicted molar refractivity (Wildman–Crippen MR) is 87.9 cm³/mol. The van der Waals surface area contributed by atoms with Gasteiger partial charge in [0.2, 0.25) is 5.91 Å². The number of hydrogen-bond donors (Lipinski definition) is 3. The summed E-state index contributed by atoms with van der Waals surface area (Å²) in [7, 11) is 1.36. The highest BCUT2D eigenvalue weighted by atomic mass is 32.2. The molecule has 1 aliphatic heterocycles. The number of nitrogens with one attached hydrogen (secondary N) is 3. The van der Waals surface area contributed by atoms with E-state index in [2.05, 4.69) is 10.6 Å². The monoisotopic (exact) mass is 351 g/mol. The molecular formula is C15H17N3O5S. The second-order valence-corrected chi connectivity index (χ2v) is 6.46. The molecule has 8 nitrogen and oxygen atoms in total. The Hall–Kier alpha value is -2.55. The Labute approximate surface area is 142 Å². The first-order valence-corrected chi connectivity index (χ1v) is 8.05. The van der Waals surface area contributed by atoms with Crippen molar-refractivity contribution in [3.63, 3.8) is 0 Å². The summed E-state index contributed by atoms with van der Waals surface area (Å²) in [5.41, 5.74) is 0.726. The largest absolute Gasteiger partial charge is 0.449 e. The molecule has 2 unspecified atom stereocenters. The predicted octanol–water partition coefficient (Wildman–Crippen LogP) is 1.12. The van der Waals surface area contributed by atoms with Gasteiger partial charge < -0.3 is 15.4 Å². The summed E-state index contributed by atoms with van der Waals surface area (Å²) in [6, 6.07) is 4.08. The fourth-order valence-corrected chi connectivity index (χ4v) is 2.82. The number of amides is 4. The first kappa shape index (κ1) is 17.8. The number of rotatable bonds is 3. The van der Waals surface area contributed by atoms with Crippen LogP contribution in [0.5, 0.6) is 0 Å². The van der Waals surface area contributed by atoms with Crippen molar-refractivity contribution in [2.75, 3.05) is 12.4 Å². The van der Waals surface area contributed by atoms with Crippen LogP contribution in [0.1, 0.15) is 24.2 Å². The molecule has 9 heteroatoms. The minimum absolute atomic E-state index is 0.142. The summed E-state index contributed by atoms with van der Waals surface area (Å²) in [5, 5.41) is 6.75. The van der Waals surface area contributed by atoms with Gasteiger partial charge in [0.25, 0.3) is 5.91 Å². The van der Waals surface area contributed by atoms with E-state index in [4.69, 9.17) is 4.74 Å². The van der Waals surface area contributed by atoms with Crippen molar-refractivity contribution in [2.45, 2.75) is 30.1 Å². The molecule has 0 bridgehead atoms. The van der Waals surface area contributed by atoms with Crippen molar-refractivity contribution in [1.82, 2.24) is 10.6 Å². The first-order chi connectivity index (χ1) is 11.3. The maximum atomic E-state index is 12.1. The lowest BCUT2D eigenvalue weighted by molar-refractivity contribution is -0.127. The lowest BCUT2D eigenvalue weighted by atomic mass is 10.2.